The molecular formula is C14H20N4O3. The molecule has 0 radical (unpaired) electrons. The Balaban J connectivity index is 2.43. The molecular weight excluding hydrogens is 272 g/mol. The number of nitrogens with zero attached hydrogens (tertiary/aromatic N) is 2. The number of hydrogen-bond acceptors (Lipinski definition) is 5. The third kappa shape index (κ3) is 6.05. The number of benzene rings is 1. The SMILES string of the molecule is COCCNC(=O)C(=O)N/N=C\c1ccc(N(C)C)cc1. The van der Waals surface area contributed by atoms with Gasteiger partial charge in [-0.2, -0.15) is 5.10 Å². The van der Waals surface area contributed by atoms with Gasteiger partial charge in [0.25, 0.3) is 0 Å². The van der Waals surface area contributed by atoms with Crippen molar-refractivity contribution in [1.29, 1.82) is 0 Å². The molecule has 0 atom stereocenters. The van der Waals surface area contributed by atoms with E-state index >= 15 is 0 Å². The van der Waals surface area contributed by atoms with E-state index in [2.05, 4.69) is 15.8 Å². The third-order valence-electron chi connectivity index (χ3n) is 2.59. The van der Waals surface area contributed by atoms with Crippen molar-refractivity contribution in [2.75, 3.05) is 39.3 Å². The zero-order valence-corrected chi connectivity index (χ0v) is 12.4. The van der Waals surface area contributed by atoms with Gasteiger partial charge in [-0.05, 0) is 17.7 Å². The molecule has 0 spiro atoms. The van der Waals surface area contributed by atoms with Gasteiger partial charge in [-0.15, -0.1) is 0 Å². The molecule has 0 aliphatic rings. The first-order chi connectivity index (χ1) is 10.0. The molecule has 1 rings (SSSR count). The number of carbonyl (C=O) groups excluding carboxylic acids is 2. The number of anilines is 1. The Labute approximate surface area is 124 Å². The fourth-order valence-electron chi connectivity index (χ4n) is 1.42. The van der Waals surface area contributed by atoms with E-state index in [4.69, 9.17) is 4.74 Å². The average Bonchev–Trinajstić information content (AvgIpc) is 2.47. The minimum atomic E-state index is -0.813. The highest BCUT2D eigenvalue weighted by Gasteiger charge is 2.10. The van der Waals surface area contributed by atoms with Crippen LogP contribution in [0, 0.1) is 0 Å². The first kappa shape index (κ1) is 16.6. The summed E-state index contributed by atoms with van der Waals surface area (Å²) in [5.74, 6) is -1.56. The zero-order chi connectivity index (χ0) is 15.7. The largest absolute Gasteiger partial charge is 0.383 e. The Bertz CT molecular complexity index is 497. The van der Waals surface area contributed by atoms with Crippen molar-refractivity contribution >= 4 is 23.7 Å². The maximum atomic E-state index is 11.4. The molecule has 0 bridgehead atoms. The van der Waals surface area contributed by atoms with Crippen LogP contribution in [0.1, 0.15) is 5.56 Å². The van der Waals surface area contributed by atoms with E-state index in [-0.39, 0.29) is 6.54 Å². The van der Waals surface area contributed by atoms with Crippen LogP contribution in [-0.4, -0.2) is 52.4 Å². The molecule has 0 saturated carbocycles. The van der Waals surface area contributed by atoms with Crippen LogP contribution in [0.3, 0.4) is 0 Å². The van der Waals surface area contributed by atoms with Crippen LogP contribution >= 0.6 is 0 Å². The lowest BCUT2D eigenvalue weighted by atomic mass is 10.2. The van der Waals surface area contributed by atoms with Crippen LogP contribution in [0.4, 0.5) is 5.69 Å². The highest BCUT2D eigenvalue weighted by Crippen LogP contribution is 2.10. The lowest BCUT2D eigenvalue weighted by Crippen LogP contribution is -2.39. The standard InChI is InChI=1S/C14H20N4O3/c1-18(2)12-6-4-11(5-7-12)10-16-17-14(20)13(19)15-8-9-21-3/h4-7,10H,8-9H2,1-3H3,(H,15,19)(H,17,20)/b16-10-. The summed E-state index contributed by atoms with van der Waals surface area (Å²) in [6.07, 6.45) is 1.47. The zero-order valence-electron chi connectivity index (χ0n) is 12.4. The van der Waals surface area contributed by atoms with Crippen molar-refractivity contribution in [2.24, 2.45) is 5.10 Å². The van der Waals surface area contributed by atoms with E-state index in [1.165, 1.54) is 13.3 Å². The van der Waals surface area contributed by atoms with E-state index in [1.54, 1.807) is 0 Å². The minimum Gasteiger partial charge on any atom is -0.383 e. The van der Waals surface area contributed by atoms with Crippen molar-refractivity contribution in [1.82, 2.24) is 10.7 Å². The van der Waals surface area contributed by atoms with Crippen LogP contribution < -0.4 is 15.6 Å². The van der Waals surface area contributed by atoms with Gasteiger partial charge >= 0.3 is 11.8 Å². The average molecular weight is 292 g/mol. The lowest BCUT2D eigenvalue weighted by molar-refractivity contribution is -0.139. The molecule has 1 aromatic rings. The van der Waals surface area contributed by atoms with Gasteiger partial charge in [0.05, 0.1) is 12.8 Å². The molecule has 114 valence electrons. The van der Waals surface area contributed by atoms with Gasteiger partial charge in [-0.3, -0.25) is 9.59 Å². The Hall–Kier alpha value is -2.41. The Kier molecular flexibility index (Phi) is 6.90. The molecule has 0 fully saturated rings. The molecule has 21 heavy (non-hydrogen) atoms. The summed E-state index contributed by atoms with van der Waals surface area (Å²) in [6.45, 7) is 0.624. The normalized spacial score (nSPS) is 10.4. The van der Waals surface area contributed by atoms with Crippen LogP contribution in [-0.2, 0) is 14.3 Å². The molecule has 0 aromatic heterocycles. The van der Waals surface area contributed by atoms with Crippen molar-refractivity contribution < 1.29 is 14.3 Å². The number of amides is 2. The molecule has 0 saturated heterocycles. The summed E-state index contributed by atoms with van der Waals surface area (Å²) in [6, 6.07) is 7.59. The Morgan fingerprint density at radius 2 is 1.90 bits per heavy atom. The van der Waals surface area contributed by atoms with Gasteiger partial charge in [-0.25, -0.2) is 5.43 Å². The van der Waals surface area contributed by atoms with E-state index in [1.807, 2.05) is 43.3 Å². The summed E-state index contributed by atoms with van der Waals surface area (Å²) in [5.41, 5.74) is 4.05. The molecule has 2 amide bonds. The van der Waals surface area contributed by atoms with E-state index in [9.17, 15) is 9.59 Å². The third-order valence-corrected chi connectivity index (χ3v) is 2.59. The number of ether oxygens (including phenoxy) is 1. The monoisotopic (exact) mass is 292 g/mol. The maximum Gasteiger partial charge on any atom is 0.329 e. The van der Waals surface area contributed by atoms with Gasteiger partial charge in [0.15, 0.2) is 0 Å². The van der Waals surface area contributed by atoms with Crippen molar-refractivity contribution in [3.63, 3.8) is 0 Å². The second kappa shape index (κ2) is 8.70. The van der Waals surface area contributed by atoms with Gasteiger partial charge in [0.2, 0.25) is 0 Å². The number of nitrogens with one attached hydrogen (secondary N) is 2. The highest BCUT2D eigenvalue weighted by molar-refractivity contribution is 6.35. The van der Waals surface area contributed by atoms with Crippen LogP contribution in [0.15, 0.2) is 29.4 Å². The minimum absolute atomic E-state index is 0.276. The van der Waals surface area contributed by atoms with E-state index in [0.29, 0.717) is 6.61 Å². The predicted octanol–water partition coefficient (Wildman–Crippen LogP) is -0.0347. The first-order valence-corrected chi connectivity index (χ1v) is 6.42. The molecule has 1 aromatic carbocycles. The molecule has 7 nitrogen and oxygen atoms in total. The number of hydrogen-bond donors (Lipinski definition) is 2. The summed E-state index contributed by atoms with van der Waals surface area (Å²) in [5, 5.41) is 6.13. The van der Waals surface area contributed by atoms with E-state index < -0.39 is 11.8 Å². The molecule has 0 aliphatic carbocycles. The maximum absolute atomic E-state index is 11.4. The van der Waals surface area contributed by atoms with Crippen LogP contribution in [0.25, 0.3) is 0 Å². The summed E-state index contributed by atoms with van der Waals surface area (Å²) in [7, 11) is 5.41. The summed E-state index contributed by atoms with van der Waals surface area (Å²) >= 11 is 0. The number of hydrazone groups is 1. The Morgan fingerprint density at radius 1 is 1.24 bits per heavy atom. The summed E-state index contributed by atoms with van der Waals surface area (Å²) in [4.78, 5) is 24.7. The van der Waals surface area contributed by atoms with Crippen molar-refractivity contribution in [2.45, 2.75) is 0 Å². The fourth-order valence-corrected chi connectivity index (χ4v) is 1.42. The molecule has 0 unspecified atom stereocenters. The Morgan fingerprint density at radius 3 is 2.48 bits per heavy atom. The topological polar surface area (TPSA) is 83.0 Å². The number of carbonyl (C=O) groups is 2. The predicted molar refractivity (Wildman–Crippen MR) is 81.4 cm³/mol. The number of methoxy groups -OCH3 is 1. The molecule has 0 aliphatic heterocycles. The van der Waals surface area contributed by atoms with Crippen LogP contribution in [0.2, 0.25) is 0 Å². The quantitative estimate of drug-likeness (QED) is 0.334. The van der Waals surface area contributed by atoms with Gasteiger partial charge in [-0.1, -0.05) is 12.1 Å². The van der Waals surface area contributed by atoms with Gasteiger partial charge < -0.3 is 15.0 Å². The van der Waals surface area contributed by atoms with Gasteiger partial charge in [0.1, 0.15) is 0 Å². The molecule has 0 heterocycles. The van der Waals surface area contributed by atoms with E-state index in [0.717, 1.165) is 11.3 Å². The second-order valence-electron chi connectivity index (χ2n) is 4.43. The first-order valence-electron chi connectivity index (χ1n) is 6.42. The molecule has 7 heteroatoms. The van der Waals surface area contributed by atoms with Crippen molar-refractivity contribution in [3.05, 3.63) is 29.8 Å². The van der Waals surface area contributed by atoms with Crippen LogP contribution in [0.5, 0.6) is 0 Å². The van der Waals surface area contributed by atoms with Gasteiger partial charge in [0, 0.05) is 33.4 Å². The summed E-state index contributed by atoms with van der Waals surface area (Å²) < 4.78 is 4.76. The molecule has 2 N–H and O–H groups in total. The second-order valence-corrected chi connectivity index (χ2v) is 4.43. The lowest BCUT2D eigenvalue weighted by Gasteiger charge is -2.11. The highest BCUT2D eigenvalue weighted by atomic mass is 16.5. The van der Waals surface area contributed by atoms with Crippen molar-refractivity contribution in [3.8, 4) is 0 Å². The fraction of sp³-hybridized carbons (Fsp3) is 0.357. The smallest absolute Gasteiger partial charge is 0.329 e. The number of rotatable bonds is 6.